The van der Waals surface area contributed by atoms with E-state index in [0.29, 0.717) is 35.3 Å². The Morgan fingerprint density at radius 2 is 2.11 bits per heavy atom. The van der Waals surface area contributed by atoms with Crippen molar-refractivity contribution in [2.45, 2.75) is 12.6 Å². The molecule has 10 nitrogen and oxygen atoms in total. The van der Waals surface area contributed by atoms with Crippen LogP contribution in [-0.4, -0.2) is 56.2 Å². The predicted octanol–water partition coefficient (Wildman–Crippen LogP) is 2.31. The first-order valence-corrected chi connectivity index (χ1v) is 10.5. The third kappa shape index (κ3) is 4.93. The standard InChI is InChI=1S/C16H20ClN7O3S/c1-24-14(6-7-19-24)21-16-18-9-11(17)15(22-16)20-12-5-4-10(27-2)8-13(12)23-28(3,25)26/h4-5,7-9,14,23H,6H2,1-3H3,(H2,18,20,21,22). The van der Waals surface area contributed by atoms with Crippen molar-refractivity contribution >= 4 is 51.0 Å². The highest BCUT2D eigenvalue weighted by Crippen LogP contribution is 2.32. The van der Waals surface area contributed by atoms with Gasteiger partial charge in [-0.1, -0.05) is 11.6 Å². The van der Waals surface area contributed by atoms with E-state index in [1.807, 2.05) is 7.05 Å². The van der Waals surface area contributed by atoms with E-state index in [1.54, 1.807) is 29.4 Å². The number of hydrogen-bond donors (Lipinski definition) is 3. The van der Waals surface area contributed by atoms with E-state index in [1.165, 1.54) is 13.3 Å². The van der Waals surface area contributed by atoms with Gasteiger partial charge in [0.25, 0.3) is 0 Å². The van der Waals surface area contributed by atoms with Crippen LogP contribution in [-0.2, 0) is 10.0 Å². The number of methoxy groups -OCH3 is 1. The van der Waals surface area contributed by atoms with Gasteiger partial charge in [-0.3, -0.25) is 9.73 Å². The van der Waals surface area contributed by atoms with Crippen molar-refractivity contribution in [1.82, 2.24) is 15.0 Å². The number of rotatable bonds is 7. The van der Waals surface area contributed by atoms with Crippen molar-refractivity contribution in [1.29, 1.82) is 0 Å². The van der Waals surface area contributed by atoms with E-state index < -0.39 is 10.0 Å². The third-order valence-corrected chi connectivity index (χ3v) is 4.73. The summed E-state index contributed by atoms with van der Waals surface area (Å²) in [6, 6.07) is 4.91. The minimum Gasteiger partial charge on any atom is -0.497 e. The summed E-state index contributed by atoms with van der Waals surface area (Å²) in [4.78, 5) is 8.57. The fraction of sp³-hybridized carbons (Fsp3) is 0.312. The van der Waals surface area contributed by atoms with Crippen molar-refractivity contribution < 1.29 is 13.2 Å². The van der Waals surface area contributed by atoms with Gasteiger partial charge in [0.2, 0.25) is 16.0 Å². The second-order valence-electron chi connectivity index (χ2n) is 6.07. The second kappa shape index (κ2) is 8.07. The molecule has 3 rings (SSSR count). The molecule has 1 aliphatic rings. The molecule has 0 aliphatic carbocycles. The Bertz CT molecular complexity index is 1000. The number of sulfonamides is 1. The van der Waals surface area contributed by atoms with Gasteiger partial charge in [0.1, 0.15) is 16.9 Å². The Morgan fingerprint density at radius 1 is 1.32 bits per heavy atom. The van der Waals surface area contributed by atoms with Crippen LogP contribution < -0.4 is 20.1 Å². The van der Waals surface area contributed by atoms with Crippen molar-refractivity contribution in [3.8, 4) is 5.75 Å². The summed E-state index contributed by atoms with van der Waals surface area (Å²) < 4.78 is 31.0. The summed E-state index contributed by atoms with van der Waals surface area (Å²) in [6.07, 6.45) is 4.98. The smallest absolute Gasteiger partial charge is 0.229 e. The van der Waals surface area contributed by atoms with Crippen LogP contribution in [0.2, 0.25) is 5.02 Å². The highest BCUT2D eigenvalue weighted by atomic mass is 35.5. The Labute approximate surface area is 168 Å². The molecule has 0 amide bonds. The Kier molecular flexibility index (Phi) is 5.75. The lowest BCUT2D eigenvalue weighted by Crippen LogP contribution is -2.31. The average molecular weight is 426 g/mol. The summed E-state index contributed by atoms with van der Waals surface area (Å²) in [5, 5.41) is 12.4. The maximum atomic E-state index is 11.7. The van der Waals surface area contributed by atoms with Crippen LogP contribution in [0.1, 0.15) is 6.42 Å². The SMILES string of the molecule is COc1ccc(Nc2nc(NC3CC=NN3C)ncc2Cl)c(NS(C)(=O)=O)c1. The van der Waals surface area contributed by atoms with Gasteiger partial charge < -0.3 is 15.4 Å². The number of hydrogen-bond acceptors (Lipinski definition) is 9. The maximum Gasteiger partial charge on any atom is 0.229 e. The molecule has 1 aromatic carbocycles. The van der Waals surface area contributed by atoms with Gasteiger partial charge in [0.15, 0.2) is 5.82 Å². The summed E-state index contributed by atoms with van der Waals surface area (Å²) in [5.74, 6) is 1.18. The van der Waals surface area contributed by atoms with E-state index >= 15 is 0 Å². The van der Waals surface area contributed by atoms with Crippen LogP contribution in [0, 0.1) is 0 Å². The number of nitrogens with one attached hydrogen (secondary N) is 3. The third-order valence-electron chi connectivity index (χ3n) is 3.86. The molecule has 1 aromatic heterocycles. The topological polar surface area (TPSA) is 121 Å². The first-order valence-electron chi connectivity index (χ1n) is 8.22. The number of benzene rings is 1. The Balaban J connectivity index is 1.87. The normalized spacial score (nSPS) is 16.1. The van der Waals surface area contributed by atoms with E-state index in [9.17, 15) is 8.42 Å². The Hall–Kier alpha value is -2.79. The molecule has 0 spiro atoms. The number of ether oxygens (including phenoxy) is 1. The molecule has 0 saturated carbocycles. The van der Waals surface area contributed by atoms with Crippen LogP contribution in [0.3, 0.4) is 0 Å². The van der Waals surface area contributed by atoms with Gasteiger partial charge in [0.05, 0.1) is 30.9 Å². The number of halogens is 1. The van der Waals surface area contributed by atoms with Crippen LogP contribution in [0.5, 0.6) is 5.75 Å². The predicted molar refractivity (Wildman–Crippen MR) is 110 cm³/mol. The summed E-state index contributed by atoms with van der Waals surface area (Å²) in [5.41, 5.74) is 0.758. The summed E-state index contributed by atoms with van der Waals surface area (Å²) >= 11 is 6.22. The molecule has 1 atom stereocenters. The Morgan fingerprint density at radius 3 is 2.75 bits per heavy atom. The molecule has 0 saturated heterocycles. The molecule has 3 N–H and O–H groups in total. The zero-order chi connectivity index (χ0) is 20.3. The van der Waals surface area contributed by atoms with Crippen LogP contribution in [0.25, 0.3) is 0 Å². The highest BCUT2D eigenvalue weighted by Gasteiger charge is 2.18. The number of anilines is 4. The highest BCUT2D eigenvalue weighted by molar-refractivity contribution is 7.92. The molecule has 0 bridgehead atoms. The monoisotopic (exact) mass is 425 g/mol. The zero-order valence-electron chi connectivity index (χ0n) is 15.5. The first kappa shape index (κ1) is 20.0. The number of nitrogens with zero attached hydrogens (tertiary/aromatic N) is 4. The van der Waals surface area contributed by atoms with Crippen molar-refractivity contribution in [3.63, 3.8) is 0 Å². The van der Waals surface area contributed by atoms with Crippen molar-refractivity contribution in [2.24, 2.45) is 5.10 Å². The van der Waals surface area contributed by atoms with Crippen LogP contribution >= 0.6 is 11.6 Å². The van der Waals surface area contributed by atoms with Crippen LogP contribution in [0.15, 0.2) is 29.5 Å². The summed E-state index contributed by atoms with van der Waals surface area (Å²) in [6.45, 7) is 0. The molecule has 150 valence electrons. The molecule has 0 radical (unpaired) electrons. The minimum absolute atomic E-state index is 0.0579. The molecule has 1 unspecified atom stereocenters. The van der Waals surface area contributed by atoms with Crippen molar-refractivity contribution in [2.75, 3.05) is 35.8 Å². The van der Waals surface area contributed by atoms with Crippen LogP contribution in [0.4, 0.5) is 23.1 Å². The molecule has 28 heavy (non-hydrogen) atoms. The van der Waals surface area contributed by atoms with E-state index in [-0.39, 0.29) is 11.2 Å². The molecule has 2 aromatic rings. The average Bonchev–Trinajstić information content (AvgIpc) is 3.02. The first-order chi connectivity index (χ1) is 13.2. The summed E-state index contributed by atoms with van der Waals surface area (Å²) in [7, 11) is -0.160. The van der Waals surface area contributed by atoms with Crippen molar-refractivity contribution in [3.05, 3.63) is 29.4 Å². The molecule has 12 heteroatoms. The maximum absolute atomic E-state index is 11.7. The van der Waals surface area contributed by atoms with Gasteiger partial charge >= 0.3 is 0 Å². The van der Waals surface area contributed by atoms with Gasteiger partial charge in [-0.25, -0.2) is 13.4 Å². The molecular formula is C16H20ClN7O3S. The number of aromatic nitrogens is 2. The quantitative estimate of drug-likeness (QED) is 0.618. The fourth-order valence-corrected chi connectivity index (χ4v) is 3.21. The van der Waals surface area contributed by atoms with E-state index in [4.69, 9.17) is 16.3 Å². The second-order valence-corrected chi connectivity index (χ2v) is 8.22. The van der Waals surface area contributed by atoms with Gasteiger partial charge in [-0.2, -0.15) is 10.1 Å². The van der Waals surface area contributed by atoms with E-state index in [0.717, 1.165) is 6.26 Å². The zero-order valence-corrected chi connectivity index (χ0v) is 17.0. The van der Waals surface area contributed by atoms with Gasteiger partial charge in [0, 0.05) is 25.7 Å². The molecule has 2 heterocycles. The lowest BCUT2D eigenvalue weighted by molar-refractivity contribution is 0.310. The fourth-order valence-electron chi connectivity index (χ4n) is 2.51. The van der Waals surface area contributed by atoms with Gasteiger partial charge in [-0.15, -0.1) is 0 Å². The molecular weight excluding hydrogens is 406 g/mol. The minimum atomic E-state index is -3.50. The van der Waals surface area contributed by atoms with E-state index in [2.05, 4.69) is 30.4 Å². The molecule has 1 aliphatic heterocycles. The van der Waals surface area contributed by atoms with Gasteiger partial charge in [-0.05, 0) is 12.1 Å². The molecule has 0 fully saturated rings. The number of hydrazone groups is 1. The largest absolute Gasteiger partial charge is 0.497 e. The lowest BCUT2D eigenvalue weighted by Gasteiger charge is -2.20. The lowest BCUT2D eigenvalue weighted by atomic mass is 10.2.